The van der Waals surface area contributed by atoms with Crippen molar-refractivity contribution < 1.29 is 9.59 Å². The maximum atomic E-state index is 11.9. The second-order valence-corrected chi connectivity index (χ2v) is 8.10. The van der Waals surface area contributed by atoms with Crippen LogP contribution in [0.2, 0.25) is 0 Å². The third-order valence-electron chi connectivity index (χ3n) is 2.67. The Morgan fingerprint density at radius 3 is 2.29 bits per heavy atom. The van der Waals surface area contributed by atoms with Gasteiger partial charge in [-0.3, -0.25) is 9.59 Å². The van der Waals surface area contributed by atoms with Gasteiger partial charge in [0.15, 0.2) is 8.68 Å². The molecule has 1 aromatic carbocycles. The van der Waals surface area contributed by atoms with Gasteiger partial charge in [-0.15, -0.1) is 10.2 Å². The Labute approximate surface area is 153 Å². The Balaban J connectivity index is 1.71. The summed E-state index contributed by atoms with van der Waals surface area (Å²) in [6.45, 7) is 2.70. The molecule has 0 aliphatic rings. The lowest BCUT2D eigenvalue weighted by Gasteiger charge is -2.02. The second-order valence-electron chi connectivity index (χ2n) is 4.68. The molecule has 0 saturated carbocycles. The van der Waals surface area contributed by atoms with Crippen molar-refractivity contribution in [2.75, 3.05) is 23.4 Å². The van der Waals surface area contributed by atoms with E-state index in [0.717, 1.165) is 20.8 Å². The number of aromatic nitrogens is 2. The van der Waals surface area contributed by atoms with Gasteiger partial charge in [-0.25, -0.2) is 0 Å². The highest BCUT2D eigenvalue weighted by Gasteiger charge is 2.10. The van der Waals surface area contributed by atoms with E-state index in [1.54, 1.807) is 0 Å². The van der Waals surface area contributed by atoms with Crippen LogP contribution in [0.3, 0.4) is 0 Å². The molecule has 2 aromatic rings. The number of thioether (sulfide) groups is 2. The van der Waals surface area contributed by atoms with Crippen LogP contribution in [0, 0.1) is 0 Å². The van der Waals surface area contributed by atoms with E-state index in [-0.39, 0.29) is 17.6 Å². The number of carbonyl (C=O) groups excluding carboxylic acids is 2. The highest BCUT2D eigenvalue weighted by Crippen LogP contribution is 2.28. The van der Waals surface area contributed by atoms with Crippen molar-refractivity contribution >= 4 is 52.4 Å². The molecule has 0 saturated heterocycles. The molecule has 0 aliphatic carbocycles. The Kier molecular flexibility index (Phi) is 8.06. The van der Waals surface area contributed by atoms with Crippen molar-refractivity contribution in [3.8, 4) is 0 Å². The highest BCUT2D eigenvalue weighted by molar-refractivity contribution is 8.03. The monoisotopic (exact) mass is 382 g/mol. The van der Waals surface area contributed by atoms with Crippen LogP contribution in [-0.4, -0.2) is 40.1 Å². The largest absolute Gasteiger partial charge is 0.355 e. The molecule has 0 atom stereocenters. The summed E-state index contributed by atoms with van der Waals surface area (Å²) in [5.74, 6) is 0.502. The molecular formula is C15H18N4O2S3. The molecule has 1 aromatic heterocycles. The molecule has 2 N–H and O–H groups in total. The predicted octanol–water partition coefficient (Wildman–Crippen LogP) is 2.89. The molecule has 9 heteroatoms. The molecule has 2 rings (SSSR count). The van der Waals surface area contributed by atoms with Crippen LogP contribution in [-0.2, 0) is 9.59 Å². The zero-order valence-corrected chi connectivity index (χ0v) is 15.6. The third-order valence-corrected chi connectivity index (χ3v) is 5.86. The number of nitrogens with one attached hydrogen (secondary N) is 2. The van der Waals surface area contributed by atoms with Crippen molar-refractivity contribution in [1.82, 2.24) is 15.5 Å². The Hall–Kier alpha value is -1.58. The Morgan fingerprint density at radius 1 is 1.04 bits per heavy atom. The lowest BCUT2D eigenvalue weighted by atomic mass is 10.3. The van der Waals surface area contributed by atoms with Crippen LogP contribution in [0.25, 0.3) is 0 Å². The Morgan fingerprint density at radius 2 is 1.67 bits per heavy atom. The number of benzene rings is 1. The van der Waals surface area contributed by atoms with Crippen molar-refractivity contribution in [3.05, 3.63) is 30.3 Å². The number of carbonyl (C=O) groups is 2. The van der Waals surface area contributed by atoms with E-state index in [1.165, 1.54) is 34.9 Å². The number of anilines is 1. The average molecular weight is 383 g/mol. The van der Waals surface area contributed by atoms with Crippen molar-refractivity contribution in [3.63, 3.8) is 0 Å². The van der Waals surface area contributed by atoms with Crippen LogP contribution in [0.1, 0.15) is 13.3 Å². The average Bonchev–Trinajstić information content (AvgIpc) is 3.05. The zero-order chi connectivity index (χ0) is 17.2. The minimum Gasteiger partial charge on any atom is -0.355 e. The number of para-hydroxylation sites is 1. The molecule has 0 bridgehead atoms. The summed E-state index contributed by atoms with van der Waals surface area (Å²) in [5, 5.41) is 13.7. The minimum atomic E-state index is -0.0884. The van der Waals surface area contributed by atoms with Crippen LogP contribution < -0.4 is 10.6 Å². The SMILES string of the molecule is CCCNC(=O)CSc1nnc(SCC(=O)Nc2ccccc2)s1. The number of amides is 2. The first-order valence-corrected chi connectivity index (χ1v) is 10.2. The van der Waals surface area contributed by atoms with Gasteiger partial charge in [0, 0.05) is 12.2 Å². The number of rotatable bonds is 9. The van der Waals surface area contributed by atoms with Crippen molar-refractivity contribution in [1.29, 1.82) is 0 Å². The standard InChI is InChI=1S/C15H18N4O2S3/c1-2-8-16-12(20)9-22-14-18-19-15(24-14)23-10-13(21)17-11-6-4-3-5-7-11/h3-7H,2,8-10H2,1H3,(H,16,20)(H,17,21). The first-order chi connectivity index (χ1) is 11.7. The fourth-order valence-electron chi connectivity index (χ4n) is 1.60. The quantitative estimate of drug-likeness (QED) is 0.649. The second kappa shape index (κ2) is 10.3. The molecule has 6 nitrogen and oxygen atoms in total. The van der Waals surface area contributed by atoms with Gasteiger partial charge in [-0.1, -0.05) is 60.0 Å². The van der Waals surface area contributed by atoms with E-state index < -0.39 is 0 Å². The summed E-state index contributed by atoms with van der Waals surface area (Å²) < 4.78 is 1.45. The van der Waals surface area contributed by atoms with Crippen molar-refractivity contribution in [2.24, 2.45) is 0 Å². The lowest BCUT2D eigenvalue weighted by molar-refractivity contribution is -0.118. The smallest absolute Gasteiger partial charge is 0.234 e. The van der Waals surface area contributed by atoms with Gasteiger partial charge in [-0.2, -0.15) is 0 Å². The molecule has 0 aliphatic heterocycles. The first-order valence-electron chi connectivity index (χ1n) is 7.38. The molecule has 2 amide bonds. The number of hydrogen-bond donors (Lipinski definition) is 2. The Bertz CT molecular complexity index is 664. The van der Waals surface area contributed by atoms with Gasteiger partial charge in [0.25, 0.3) is 0 Å². The minimum absolute atomic E-state index is 0.00603. The van der Waals surface area contributed by atoms with Gasteiger partial charge in [0.2, 0.25) is 11.8 Å². The zero-order valence-electron chi connectivity index (χ0n) is 13.2. The summed E-state index contributed by atoms with van der Waals surface area (Å²) in [4.78, 5) is 23.4. The highest BCUT2D eigenvalue weighted by atomic mass is 32.2. The fraction of sp³-hybridized carbons (Fsp3) is 0.333. The molecule has 0 spiro atoms. The predicted molar refractivity (Wildman–Crippen MR) is 99.7 cm³/mol. The first kappa shape index (κ1) is 18.8. The summed E-state index contributed by atoms with van der Waals surface area (Å²) >= 11 is 4.08. The van der Waals surface area contributed by atoms with Gasteiger partial charge in [0.05, 0.1) is 11.5 Å². The summed E-state index contributed by atoms with van der Waals surface area (Å²) in [5.41, 5.74) is 0.773. The van der Waals surface area contributed by atoms with Gasteiger partial charge < -0.3 is 10.6 Å². The van der Waals surface area contributed by atoms with Crippen LogP contribution in [0.15, 0.2) is 39.0 Å². The van der Waals surface area contributed by atoms with E-state index in [2.05, 4.69) is 20.8 Å². The van der Waals surface area contributed by atoms with E-state index >= 15 is 0 Å². The third kappa shape index (κ3) is 6.90. The van der Waals surface area contributed by atoms with Crippen LogP contribution in [0.5, 0.6) is 0 Å². The van der Waals surface area contributed by atoms with Crippen LogP contribution >= 0.6 is 34.9 Å². The van der Waals surface area contributed by atoms with Crippen LogP contribution in [0.4, 0.5) is 5.69 Å². The van der Waals surface area contributed by atoms with Gasteiger partial charge in [0.1, 0.15) is 0 Å². The van der Waals surface area contributed by atoms with Gasteiger partial charge >= 0.3 is 0 Å². The van der Waals surface area contributed by atoms with E-state index in [0.29, 0.717) is 12.3 Å². The maximum Gasteiger partial charge on any atom is 0.234 e. The molecule has 128 valence electrons. The summed E-state index contributed by atoms with van der Waals surface area (Å²) in [6, 6.07) is 9.31. The number of hydrogen-bond acceptors (Lipinski definition) is 7. The fourth-order valence-corrected chi connectivity index (χ4v) is 4.25. The van der Waals surface area contributed by atoms with Gasteiger partial charge in [-0.05, 0) is 18.6 Å². The summed E-state index contributed by atoms with van der Waals surface area (Å²) in [6.07, 6.45) is 0.918. The molecule has 0 unspecified atom stereocenters. The molecule has 24 heavy (non-hydrogen) atoms. The van der Waals surface area contributed by atoms with E-state index in [1.807, 2.05) is 37.3 Å². The van der Waals surface area contributed by atoms with E-state index in [4.69, 9.17) is 0 Å². The summed E-state index contributed by atoms with van der Waals surface area (Å²) in [7, 11) is 0. The lowest BCUT2D eigenvalue weighted by Crippen LogP contribution is -2.25. The maximum absolute atomic E-state index is 11.9. The van der Waals surface area contributed by atoms with E-state index in [9.17, 15) is 9.59 Å². The molecule has 0 radical (unpaired) electrons. The topological polar surface area (TPSA) is 84.0 Å². The molecule has 1 heterocycles. The van der Waals surface area contributed by atoms with Crippen molar-refractivity contribution in [2.45, 2.75) is 22.0 Å². The number of nitrogens with zero attached hydrogens (tertiary/aromatic N) is 2. The molecule has 0 fully saturated rings. The normalized spacial score (nSPS) is 10.4. The molecular weight excluding hydrogens is 364 g/mol.